The van der Waals surface area contributed by atoms with E-state index in [1.165, 1.54) is 0 Å². The number of aliphatic hydroxyl groups is 1. The third-order valence-electron chi connectivity index (χ3n) is 4.08. The highest BCUT2D eigenvalue weighted by atomic mass is 35.5. The standard InChI is InChI=1S/C14H15Cl2N3O4/c1-14(2)22-8-7(5-20)21-12(9(8)23-14)19-4-3-6-10(15)17-13(16)18-11(6)19/h3-4,7-9,12,20H,5H2,1-2H3/t7-,8-,9-,12-/m1/s1. The summed E-state index contributed by atoms with van der Waals surface area (Å²) in [5.41, 5.74) is 0.547. The first kappa shape index (κ1) is 15.6. The van der Waals surface area contributed by atoms with Crippen molar-refractivity contribution in [1.29, 1.82) is 0 Å². The summed E-state index contributed by atoms with van der Waals surface area (Å²) in [6.07, 6.45) is 0.0866. The summed E-state index contributed by atoms with van der Waals surface area (Å²) < 4.78 is 19.5. The zero-order valence-corrected chi connectivity index (χ0v) is 14.0. The van der Waals surface area contributed by atoms with Gasteiger partial charge in [0.2, 0.25) is 5.28 Å². The van der Waals surface area contributed by atoms with Gasteiger partial charge in [0, 0.05) is 6.20 Å². The predicted octanol–water partition coefficient (Wildman–Crippen LogP) is 2.15. The quantitative estimate of drug-likeness (QED) is 0.653. The summed E-state index contributed by atoms with van der Waals surface area (Å²) >= 11 is 12.0. The molecule has 2 aromatic heterocycles. The van der Waals surface area contributed by atoms with E-state index in [-0.39, 0.29) is 29.3 Å². The molecule has 0 saturated carbocycles. The summed E-state index contributed by atoms with van der Waals surface area (Å²) in [4.78, 5) is 8.17. The molecule has 0 unspecified atom stereocenters. The van der Waals surface area contributed by atoms with Crippen LogP contribution in [0.5, 0.6) is 0 Å². The van der Waals surface area contributed by atoms with Crippen LogP contribution in [0.2, 0.25) is 10.4 Å². The first-order chi connectivity index (χ1) is 10.9. The molecule has 0 aliphatic carbocycles. The van der Waals surface area contributed by atoms with Crippen LogP contribution in [0, 0.1) is 0 Å². The maximum absolute atomic E-state index is 9.56. The van der Waals surface area contributed by atoms with E-state index in [2.05, 4.69) is 9.97 Å². The molecule has 23 heavy (non-hydrogen) atoms. The molecular formula is C14H15Cl2N3O4. The van der Waals surface area contributed by atoms with Gasteiger partial charge in [0.15, 0.2) is 12.0 Å². The number of aromatic nitrogens is 3. The number of hydrogen-bond donors (Lipinski definition) is 1. The van der Waals surface area contributed by atoms with Gasteiger partial charge in [-0.3, -0.25) is 0 Å². The molecule has 0 bridgehead atoms. The van der Waals surface area contributed by atoms with Gasteiger partial charge in [-0.1, -0.05) is 11.6 Å². The highest BCUT2D eigenvalue weighted by Gasteiger charge is 2.55. The van der Waals surface area contributed by atoms with Crippen molar-refractivity contribution >= 4 is 34.2 Å². The highest BCUT2D eigenvalue weighted by Crippen LogP contribution is 2.44. The van der Waals surface area contributed by atoms with Crippen molar-refractivity contribution in [2.45, 2.75) is 44.2 Å². The lowest BCUT2D eigenvalue weighted by Crippen LogP contribution is -2.31. The Bertz CT molecular complexity index is 766. The molecular weight excluding hydrogens is 345 g/mol. The van der Waals surface area contributed by atoms with Gasteiger partial charge < -0.3 is 23.9 Å². The van der Waals surface area contributed by atoms with E-state index in [1.54, 1.807) is 16.8 Å². The topological polar surface area (TPSA) is 78.6 Å². The van der Waals surface area contributed by atoms with Gasteiger partial charge in [-0.2, -0.15) is 4.98 Å². The minimum Gasteiger partial charge on any atom is -0.394 e. The van der Waals surface area contributed by atoms with E-state index in [9.17, 15) is 5.11 Å². The van der Waals surface area contributed by atoms with E-state index in [1.807, 2.05) is 13.8 Å². The average Bonchev–Trinajstić information content (AvgIpc) is 3.09. The van der Waals surface area contributed by atoms with Crippen LogP contribution in [0.3, 0.4) is 0 Å². The number of hydrogen-bond acceptors (Lipinski definition) is 6. The Morgan fingerprint density at radius 2 is 2.00 bits per heavy atom. The summed E-state index contributed by atoms with van der Waals surface area (Å²) in [6, 6.07) is 1.79. The molecule has 2 aliphatic rings. The summed E-state index contributed by atoms with van der Waals surface area (Å²) in [5.74, 6) is -0.738. The van der Waals surface area contributed by atoms with Crippen LogP contribution in [-0.4, -0.2) is 50.3 Å². The Kier molecular flexibility index (Phi) is 3.57. The predicted molar refractivity (Wildman–Crippen MR) is 82.4 cm³/mol. The SMILES string of the molecule is CC1(C)O[C@@H]2[C@H](O1)[C@@H](CO)O[C@H]2n1ccc2c(Cl)nc(Cl)nc21. The van der Waals surface area contributed by atoms with Crippen molar-refractivity contribution in [3.05, 3.63) is 22.7 Å². The monoisotopic (exact) mass is 359 g/mol. The lowest BCUT2D eigenvalue weighted by molar-refractivity contribution is -0.199. The highest BCUT2D eigenvalue weighted by molar-refractivity contribution is 6.35. The van der Waals surface area contributed by atoms with Crippen molar-refractivity contribution in [1.82, 2.24) is 14.5 Å². The normalized spacial score (nSPS) is 32.6. The fourth-order valence-electron chi connectivity index (χ4n) is 3.21. The van der Waals surface area contributed by atoms with Crippen molar-refractivity contribution in [2.24, 2.45) is 0 Å². The lowest BCUT2D eigenvalue weighted by Gasteiger charge is -2.24. The molecule has 0 spiro atoms. The lowest BCUT2D eigenvalue weighted by atomic mass is 10.1. The van der Waals surface area contributed by atoms with E-state index >= 15 is 0 Å². The molecule has 1 N–H and O–H groups in total. The minimum absolute atomic E-state index is 0.0552. The van der Waals surface area contributed by atoms with Crippen LogP contribution in [-0.2, 0) is 14.2 Å². The molecule has 4 heterocycles. The zero-order valence-electron chi connectivity index (χ0n) is 12.4. The maximum Gasteiger partial charge on any atom is 0.225 e. The minimum atomic E-state index is -0.738. The van der Waals surface area contributed by atoms with E-state index in [0.29, 0.717) is 11.0 Å². The summed E-state index contributed by atoms with van der Waals surface area (Å²) in [7, 11) is 0. The maximum atomic E-state index is 9.56. The van der Waals surface area contributed by atoms with Crippen molar-refractivity contribution in [3.63, 3.8) is 0 Å². The van der Waals surface area contributed by atoms with Crippen LogP contribution >= 0.6 is 23.2 Å². The second-order valence-corrected chi connectivity index (χ2v) is 6.75. The van der Waals surface area contributed by atoms with Crippen LogP contribution in [0.4, 0.5) is 0 Å². The zero-order chi connectivity index (χ0) is 16.4. The average molecular weight is 360 g/mol. The van der Waals surface area contributed by atoms with E-state index < -0.39 is 18.1 Å². The molecule has 4 rings (SSSR count). The Balaban J connectivity index is 1.79. The number of halogens is 2. The van der Waals surface area contributed by atoms with Crippen molar-refractivity contribution in [3.8, 4) is 0 Å². The Hall–Kier alpha value is -0.960. The summed E-state index contributed by atoms with van der Waals surface area (Å²) in [6.45, 7) is 3.51. The van der Waals surface area contributed by atoms with Crippen molar-refractivity contribution < 1.29 is 19.3 Å². The molecule has 0 aromatic carbocycles. The Morgan fingerprint density at radius 1 is 1.26 bits per heavy atom. The van der Waals surface area contributed by atoms with Gasteiger partial charge in [0.25, 0.3) is 0 Å². The third kappa shape index (κ3) is 2.43. The number of fused-ring (bicyclic) bond motifs is 2. The first-order valence-electron chi connectivity index (χ1n) is 7.21. The number of aliphatic hydroxyl groups excluding tert-OH is 1. The third-order valence-corrected chi connectivity index (χ3v) is 4.53. The smallest absolute Gasteiger partial charge is 0.225 e. The second kappa shape index (κ2) is 5.27. The number of ether oxygens (including phenoxy) is 3. The first-order valence-corrected chi connectivity index (χ1v) is 7.97. The van der Waals surface area contributed by atoms with Gasteiger partial charge in [-0.25, -0.2) is 4.98 Å². The molecule has 124 valence electrons. The van der Waals surface area contributed by atoms with Gasteiger partial charge in [0.05, 0.1) is 12.0 Å². The summed E-state index contributed by atoms with van der Waals surface area (Å²) in [5, 5.41) is 10.6. The molecule has 9 heteroatoms. The molecule has 2 aliphatic heterocycles. The van der Waals surface area contributed by atoms with Gasteiger partial charge >= 0.3 is 0 Å². The molecule has 0 amide bonds. The molecule has 4 atom stereocenters. The Morgan fingerprint density at radius 3 is 2.74 bits per heavy atom. The second-order valence-electron chi connectivity index (χ2n) is 6.06. The van der Waals surface area contributed by atoms with E-state index in [4.69, 9.17) is 37.4 Å². The fourth-order valence-corrected chi connectivity index (χ4v) is 3.64. The number of nitrogens with zero attached hydrogens (tertiary/aromatic N) is 3. The molecule has 0 radical (unpaired) electrons. The molecule has 2 fully saturated rings. The Labute approximate surface area is 142 Å². The van der Waals surface area contributed by atoms with Gasteiger partial charge in [0.1, 0.15) is 29.1 Å². The van der Waals surface area contributed by atoms with Crippen LogP contribution in [0.1, 0.15) is 20.1 Å². The van der Waals surface area contributed by atoms with E-state index in [0.717, 1.165) is 0 Å². The van der Waals surface area contributed by atoms with Gasteiger partial charge in [-0.05, 0) is 31.5 Å². The molecule has 2 aromatic rings. The molecule has 7 nitrogen and oxygen atoms in total. The largest absolute Gasteiger partial charge is 0.394 e. The van der Waals surface area contributed by atoms with Gasteiger partial charge in [-0.15, -0.1) is 0 Å². The van der Waals surface area contributed by atoms with Crippen LogP contribution in [0.25, 0.3) is 11.0 Å². The van der Waals surface area contributed by atoms with Crippen molar-refractivity contribution in [2.75, 3.05) is 6.61 Å². The molecule has 2 saturated heterocycles. The number of rotatable bonds is 2. The fraction of sp³-hybridized carbons (Fsp3) is 0.571. The van der Waals surface area contributed by atoms with Crippen LogP contribution < -0.4 is 0 Å². The van der Waals surface area contributed by atoms with Crippen LogP contribution in [0.15, 0.2) is 12.3 Å².